The lowest BCUT2D eigenvalue weighted by Gasteiger charge is -2.20. The lowest BCUT2D eigenvalue weighted by molar-refractivity contribution is 0.0697. The molecule has 7 nitrogen and oxygen atoms in total. The number of aryl methyl sites for hydroxylation is 1. The molecule has 0 atom stereocenters. The lowest BCUT2D eigenvalue weighted by atomic mass is 10.3. The van der Waals surface area contributed by atoms with Crippen molar-refractivity contribution in [2.24, 2.45) is 7.05 Å². The van der Waals surface area contributed by atoms with E-state index in [2.05, 4.69) is 5.10 Å². The van der Waals surface area contributed by atoms with Crippen LogP contribution in [0.5, 0.6) is 0 Å². The number of rotatable bonds is 4. The first-order chi connectivity index (χ1) is 9.75. The summed E-state index contributed by atoms with van der Waals surface area (Å²) in [6, 6.07) is 5.60. The molecule has 0 amide bonds. The average Bonchev–Trinajstić information content (AvgIpc) is 2.80. The van der Waals surface area contributed by atoms with Crippen molar-refractivity contribution in [3.8, 4) is 0 Å². The number of sulfonamides is 1. The van der Waals surface area contributed by atoms with E-state index in [-0.39, 0.29) is 16.3 Å². The number of anilines is 1. The van der Waals surface area contributed by atoms with Gasteiger partial charge in [-0.15, -0.1) is 0 Å². The maximum Gasteiger partial charge on any atom is 0.341 e. The largest absolute Gasteiger partial charge is 0.477 e. The number of carboxylic acid groups (broad SMARTS) is 1. The summed E-state index contributed by atoms with van der Waals surface area (Å²) in [5, 5.41) is 13.3. The van der Waals surface area contributed by atoms with Crippen molar-refractivity contribution in [3.63, 3.8) is 0 Å². The topological polar surface area (TPSA) is 92.5 Å². The van der Waals surface area contributed by atoms with Gasteiger partial charge in [0, 0.05) is 19.1 Å². The van der Waals surface area contributed by atoms with Gasteiger partial charge < -0.3 is 5.11 Å². The Labute approximate surface area is 126 Å². The number of hydrogen-bond acceptors (Lipinski definition) is 4. The van der Waals surface area contributed by atoms with E-state index < -0.39 is 16.0 Å². The second-order valence-electron chi connectivity index (χ2n) is 4.24. The summed E-state index contributed by atoms with van der Waals surface area (Å²) in [5.74, 6) is -1.28. The molecule has 0 radical (unpaired) electrons. The predicted molar refractivity (Wildman–Crippen MR) is 77.2 cm³/mol. The van der Waals surface area contributed by atoms with Crippen LogP contribution in [0.4, 0.5) is 5.82 Å². The molecule has 21 heavy (non-hydrogen) atoms. The molecular formula is C12H12ClN3O4S. The van der Waals surface area contributed by atoms with Crippen LogP contribution in [-0.4, -0.2) is 36.3 Å². The first kappa shape index (κ1) is 15.3. The van der Waals surface area contributed by atoms with Crippen molar-refractivity contribution in [1.82, 2.24) is 9.78 Å². The third kappa shape index (κ3) is 2.72. The van der Waals surface area contributed by atoms with Crippen LogP contribution in [0.1, 0.15) is 10.4 Å². The van der Waals surface area contributed by atoms with Crippen LogP contribution in [0.25, 0.3) is 0 Å². The predicted octanol–water partition coefficient (Wildman–Crippen LogP) is 1.60. The second kappa shape index (κ2) is 5.38. The van der Waals surface area contributed by atoms with Crippen LogP contribution in [0, 0.1) is 0 Å². The molecule has 9 heteroatoms. The van der Waals surface area contributed by atoms with E-state index in [0.717, 1.165) is 10.5 Å². The fourth-order valence-corrected chi connectivity index (χ4v) is 3.20. The Morgan fingerprint density at radius 1 is 1.33 bits per heavy atom. The Balaban J connectivity index is 2.53. The van der Waals surface area contributed by atoms with Crippen molar-refractivity contribution >= 4 is 33.4 Å². The molecule has 0 aliphatic rings. The lowest BCUT2D eigenvalue weighted by Crippen LogP contribution is -2.29. The van der Waals surface area contributed by atoms with E-state index in [4.69, 9.17) is 16.7 Å². The molecular weight excluding hydrogens is 318 g/mol. The minimum atomic E-state index is -3.91. The Morgan fingerprint density at radius 2 is 1.90 bits per heavy atom. The Morgan fingerprint density at radius 3 is 2.43 bits per heavy atom. The zero-order valence-electron chi connectivity index (χ0n) is 11.2. The molecule has 0 saturated heterocycles. The first-order valence-electron chi connectivity index (χ1n) is 5.75. The summed E-state index contributed by atoms with van der Waals surface area (Å²) in [6.07, 6.45) is 1.10. The zero-order chi connectivity index (χ0) is 15.8. The molecule has 0 aliphatic heterocycles. The molecule has 1 aromatic carbocycles. The molecule has 0 bridgehead atoms. The fraction of sp³-hybridized carbons (Fsp3) is 0.167. The van der Waals surface area contributed by atoms with E-state index in [0.29, 0.717) is 5.02 Å². The van der Waals surface area contributed by atoms with E-state index in [1.165, 1.54) is 43.0 Å². The van der Waals surface area contributed by atoms with Crippen molar-refractivity contribution in [2.45, 2.75) is 4.90 Å². The third-order valence-corrected chi connectivity index (χ3v) is 4.92. The van der Waals surface area contributed by atoms with Gasteiger partial charge in [-0.25, -0.2) is 13.2 Å². The SMILES string of the molecule is CN(c1c(C(=O)O)cnn1C)S(=O)(=O)c1ccc(Cl)cc1. The van der Waals surface area contributed by atoms with Crippen LogP contribution >= 0.6 is 11.6 Å². The number of hydrogen-bond donors (Lipinski definition) is 1. The van der Waals surface area contributed by atoms with Crippen molar-refractivity contribution in [2.75, 3.05) is 11.4 Å². The quantitative estimate of drug-likeness (QED) is 0.919. The van der Waals surface area contributed by atoms with E-state index in [1.807, 2.05) is 0 Å². The molecule has 0 spiro atoms. The van der Waals surface area contributed by atoms with E-state index in [9.17, 15) is 13.2 Å². The van der Waals surface area contributed by atoms with Crippen LogP contribution < -0.4 is 4.31 Å². The second-order valence-corrected chi connectivity index (χ2v) is 6.64. The van der Waals surface area contributed by atoms with Gasteiger partial charge >= 0.3 is 5.97 Å². The van der Waals surface area contributed by atoms with Crippen LogP contribution in [-0.2, 0) is 17.1 Å². The Hall–Kier alpha value is -2.06. The van der Waals surface area contributed by atoms with Gasteiger partial charge in [0.15, 0.2) is 5.82 Å². The highest BCUT2D eigenvalue weighted by Gasteiger charge is 2.28. The Bertz CT molecular complexity index is 783. The number of nitrogens with zero attached hydrogens (tertiary/aromatic N) is 3. The van der Waals surface area contributed by atoms with Gasteiger partial charge in [-0.1, -0.05) is 11.6 Å². The standard InChI is InChI=1S/C12H12ClN3O4S/c1-15-11(10(7-14-15)12(17)18)16(2)21(19,20)9-5-3-8(13)4-6-9/h3-7H,1-2H3,(H,17,18). The average molecular weight is 330 g/mol. The molecule has 112 valence electrons. The third-order valence-electron chi connectivity index (χ3n) is 2.91. The van der Waals surface area contributed by atoms with Gasteiger partial charge in [-0.3, -0.25) is 8.99 Å². The summed E-state index contributed by atoms with van der Waals surface area (Å²) in [5.41, 5.74) is -0.197. The number of halogens is 1. The number of benzene rings is 1. The molecule has 1 aromatic heterocycles. The number of aromatic carboxylic acids is 1. The molecule has 1 heterocycles. The maximum atomic E-state index is 12.5. The number of carbonyl (C=O) groups is 1. The van der Waals surface area contributed by atoms with Gasteiger partial charge in [-0.2, -0.15) is 5.10 Å². The highest BCUT2D eigenvalue weighted by atomic mass is 35.5. The molecule has 2 aromatic rings. The molecule has 1 N–H and O–H groups in total. The normalized spacial score (nSPS) is 11.4. The van der Waals surface area contributed by atoms with E-state index in [1.54, 1.807) is 0 Å². The fourth-order valence-electron chi connectivity index (χ4n) is 1.83. The van der Waals surface area contributed by atoms with Crippen molar-refractivity contribution in [1.29, 1.82) is 0 Å². The van der Waals surface area contributed by atoms with Gasteiger partial charge in [-0.05, 0) is 24.3 Å². The smallest absolute Gasteiger partial charge is 0.341 e. The van der Waals surface area contributed by atoms with Crippen LogP contribution in [0.3, 0.4) is 0 Å². The minimum absolute atomic E-state index is 0.00642. The molecule has 0 aliphatic carbocycles. The van der Waals surface area contributed by atoms with E-state index >= 15 is 0 Å². The minimum Gasteiger partial charge on any atom is -0.477 e. The monoisotopic (exact) mass is 329 g/mol. The van der Waals surface area contributed by atoms with Crippen molar-refractivity contribution in [3.05, 3.63) is 41.0 Å². The van der Waals surface area contributed by atoms with Crippen molar-refractivity contribution < 1.29 is 18.3 Å². The summed E-state index contributed by atoms with van der Waals surface area (Å²) in [7, 11) is -1.17. The van der Waals surface area contributed by atoms with Gasteiger partial charge in [0.1, 0.15) is 5.56 Å². The first-order valence-corrected chi connectivity index (χ1v) is 7.56. The molecule has 0 saturated carbocycles. The van der Waals surface area contributed by atoms with Crippen LogP contribution in [0.2, 0.25) is 5.02 Å². The summed E-state index contributed by atoms with van der Waals surface area (Å²) in [6.45, 7) is 0. The zero-order valence-corrected chi connectivity index (χ0v) is 12.8. The summed E-state index contributed by atoms with van der Waals surface area (Å²) >= 11 is 5.73. The number of aromatic nitrogens is 2. The van der Waals surface area contributed by atoms with Gasteiger partial charge in [0.2, 0.25) is 0 Å². The maximum absolute atomic E-state index is 12.5. The van der Waals surface area contributed by atoms with Gasteiger partial charge in [0.05, 0.1) is 11.1 Å². The highest BCUT2D eigenvalue weighted by molar-refractivity contribution is 7.92. The molecule has 0 fully saturated rings. The highest BCUT2D eigenvalue weighted by Crippen LogP contribution is 2.25. The summed E-state index contributed by atoms with van der Waals surface area (Å²) in [4.78, 5) is 11.2. The van der Waals surface area contributed by atoms with Gasteiger partial charge in [0.25, 0.3) is 10.0 Å². The summed E-state index contributed by atoms with van der Waals surface area (Å²) < 4.78 is 27.1. The number of carboxylic acids is 1. The Kier molecular flexibility index (Phi) is 3.93. The molecule has 0 unspecified atom stereocenters. The van der Waals surface area contributed by atoms with Crippen LogP contribution in [0.15, 0.2) is 35.4 Å². The molecule has 2 rings (SSSR count).